The van der Waals surface area contributed by atoms with Crippen LogP contribution in [0.5, 0.6) is 0 Å². The molecule has 174 valence electrons. The molecule has 0 N–H and O–H groups in total. The number of nitrogens with zero attached hydrogens (tertiary/aromatic N) is 1. The number of carbonyl (C=O) groups is 2. The smallest absolute Gasteiger partial charge is 0.232 e. The first-order valence-corrected chi connectivity index (χ1v) is 11.8. The molecule has 1 heterocycles. The molecule has 2 rings (SSSR count). The highest BCUT2D eigenvalue weighted by Gasteiger charge is 2.39. The van der Waals surface area contributed by atoms with E-state index in [0.29, 0.717) is 19.4 Å². The van der Waals surface area contributed by atoms with E-state index in [9.17, 15) is 9.59 Å². The number of aryl methyl sites for hydroxylation is 1. The molecule has 3 nitrogen and oxygen atoms in total. The molecule has 1 aromatic carbocycles. The van der Waals surface area contributed by atoms with Crippen molar-refractivity contribution in [2.24, 2.45) is 16.7 Å². The van der Waals surface area contributed by atoms with E-state index in [2.05, 4.69) is 38.6 Å². The summed E-state index contributed by atoms with van der Waals surface area (Å²) in [5, 5.41) is 0. The second-order valence-electron chi connectivity index (χ2n) is 10.8. The van der Waals surface area contributed by atoms with E-state index in [1.54, 1.807) is 0 Å². The lowest BCUT2D eigenvalue weighted by atomic mass is 9.71. The van der Waals surface area contributed by atoms with Crippen LogP contribution >= 0.6 is 0 Å². The molecule has 3 heteroatoms. The Morgan fingerprint density at radius 2 is 1.72 bits per heavy atom. The standard InChI is InChI=1S/C29H41NO2/c1-9-13-25-22(10-2)16-17-23-14-11-12-15-24(23)19-30(25)27(32)29(7,8)20-28(5,6)18-26(31)21(3)4/h9-15,21H,2,16-20H2,1,3-8H3/b13-9-,25-22-. The van der Waals surface area contributed by atoms with E-state index < -0.39 is 5.41 Å². The monoisotopic (exact) mass is 435 g/mol. The molecule has 0 saturated heterocycles. The second-order valence-corrected chi connectivity index (χ2v) is 10.8. The average molecular weight is 436 g/mol. The SMILES string of the molecule is C=C/C1=C(\C=C/C)N(C(=O)C(C)(C)CC(C)(C)CC(=O)C(C)C)Cc2ccccc2CC1. The van der Waals surface area contributed by atoms with Gasteiger partial charge < -0.3 is 4.90 Å². The van der Waals surface area contributed by atoms with Crippen molar-refractivity contribution < 1.29 is 9.59 Å². The zero-order valence-electron chi connectivity index (χ0n) is 21.1. The first-order chi connectivity index (χ1) is 14.9. The number of carbonyl (C=O) groups excluding carboxylic acids is 2. The molecule has 0 fully saturated rings. The number of ketones is 1. The molecule has 0 aromatic heterocycles. The molecule has 0 unspecified atom stereocenters. The predicted molar refractivity (Wildman–Crippen MR) is 134 cm³/mol. The van der Waals surface area contributed by atoms with Crippen LogP contribution in [0.25, 0.3) is 0 Å². The maximum atomic E-state index is 14.1. The Morgan fingerprint density at radius 1 is 1.09 bits per heavy atom. The van der Waals surface area contributed by atoms with Crippen molar-refractivity contribution in [1.29, 1.82) is 0 Å². The van der Waals surface area contributed by atoms with E-state index in [1.165, 1.54) is 11.1 Å². The van der Waals surface area contributed by atoms with Crippen molar-refractivity contribution in [3.63, 3.8) is 0 Å². The highest BCUT2D eigenvalue weighted by molar-refractivity contribution is 5.85. The molecule has 0 aliphatic carbocycles. The maximum absolute atomic E-state index is 14.1. The molecule has 1 aliphatic rings. The molecule has 1 amide bonds. The Labute approximate surface area is 195 Å². The molecule has 32 heavy (non-hydrogen) atoms. The molecular weight excluding hydrogens is 394 g/mol. The van der Waals surface area contributed by atoms with Crippen LogP contribution < -0.4 is 0 Å². The number of hydrogen-bond donors (Lipinski definition) is 0. The zero-order valence-corrected chi connectivity index (χ0v) is 21.1. The van der Waals surface area contributed by atoms with Gasteiger partial charge >= 0.3 is 0 Å². The van der Waals surface area contributed by atoms with Crippen molar-refractivity contribution in [1.82, 2.24) is 4.90 Å². The third-order valence-electron chi connectivity index (χ3n) is 6.34. The van der Waals surface area contributed by atoms with Crippen molar-refractivity contribution in [2.45, 2.75) is 80.7 Å². The fourth-order valence-corrected chi connectivity index (χ4v) is 4.90. The lowest BCUT2D eigenvalue weighted by molar-refractivity contribution is -0.141. The second kappa shape index (κ2) is 10.5. The van der Waals surface area contributed by atoms with Gasteiger partial charge in [0.15, 0.2) is 0 Å². The zero-order chi connectivity index (χ0) is 24.1. The van der Waals surface area contributed by atoms with Gasteiger partial charge in [-0.25, -0.2) is 0 Å². The summed E-state index contributed by atoms with van der Waals surface area (Å²) >= 11 is 0. The summed E-state index contributed by atoms with van der Waals surface area (Å²) in [6, 6.07) is 8.39. The first-order valence-electron chi connectivity index (χ1n) is 11.8. The van der Waals surface area contributed by atoms with Crippen LogP contribution in [0.2, 0.25) is 0 Å². The summed E-state index contributed by atoms with van der Waals surface area (Å²) in [4.78, 5) is 28.5. The van der Waals surface area contributed by atoms with Gasteiger partial charge in [0, 0.05) is 23.5 Å². The highest BCUT2D eigenvalue weighted by Crippen LogP contribution is 2.40. The molecular formula is C29H41NO2. The Morgan fingerprint density at radius 3 is 2.28 bits per heavy atom. The summed E-state index contributed by atoms with van der Waals surface area (Å²) < 4.78 is 0. The van der Waals surface area contributed by atoms with Gasteiger partial charge in [0.25, 0.3) is 0 Å². The molecule has 0 atom stereocenters. The Bertz CT molecular complexity index is 915. The van der Waals surface area contributed by atoms with Gasteiger partial charge in [-0.3, -0.25) is 9.59 Å². The van der Waals surface area contributed by atoms with E-state index >= 15 is 0 Å². The average Bonchev–Trinajstić information content (AvgIpc) is 2.69. The molecule has 0 bridgehead atoms. The van der Waals surface area contributed by atoms with Crippen LogP contribution in [-0.4, -0.2) is 16.6 Å². The fourth-order valence-electron chi connectivity index (χ4n) is 4.90. The number of Topliss-reactive ketones (excluding diaryl/α,β-unsaturated/α-hetero) is 1. The van der Waals surface area contributed by atoms with E-state index in [0.717, 1.165) is 24.1 Å². The van der Waals surface area contributed by atoms with Gasteiger partial charge in [-0.05, 0) is 54.4 Å². The predicted octanol–water partition coefficient (Wildman–Crippen LogP) is 7.04. The molecule has 0 spiro atoms. The minimum absolute atomic E-state index is 0.0123. The van der Waals surface area contributed by atoms with Crippen LogP contribution in [0.15, 0.2) is 60.3 Å². The van der Waals surface area contributed by atoms with Gasteiger partial charge in [0.05, 0.1) is 6.54 Å². The van der Waals surface area contributed by atoms with Gasteiger partial charge in [-0.2, -0.15) is 0 Å². The van der Waals surface area contributed by atoms with Crippen molar-refractivity contribution in [2.75, 3.05) is 0 Å². The van der Waals surface area contributed by atoms with Crippen molar-refractivity contribution >= 4 is 11.7 Å². The van der Waals surface area contributed by atoms with Gasteiger partial charge in [-0.15, -0.1) is 0 Å². The minimum atomic E-state index is -0.617. The molecule has 0 radical (unpaired) electrons. The van der Waals surface area contributed by atoms with Crippen molar-refractivity contribution in [3.8, 4) is 0 Å². The van der Waals surface area contributed by atoms with Crippen LogP contribution in [0, 0.1) is 16.7 Å². The molecule has 1 aliphatic heterocycles. The Hall–Kier alpha value is -2.42. The van der Waals surface area contributed by atoms with Crippen LogP contribution in [0.3, 0.4) is 0 Å². The normalized spacial score (nSPS) is 17.8. The third kappa shape index (κ3) is 6.31. The quantitative estimate of drug-likeness (QED) is 0.439. The van der Waals surface area contributed by atoms with E-state index in [4.69, 9.17) is 0 Å². The van der Waals surface area contributed by atoms with Gasteiger partial charge in [-0.1, -0.05) is 84.5 Å². The van der Waals surface area contributed by atoms with Crippen LogP contribution in [-0.2, 0) is 22.6 Å². The number of allylic oxidation sites excluding steroid dienone is 4. The minimum Gasteiger partial charge on any atom is -0.307 e. The summed E-state index contributed by atoms with van der Waals surface area (Å²) in [6.45, 7) is 18.7. The van der Waals surface area contributed by atoms with Gasteiger partial charge in [0.2, 0.25) is 5.91 Å². The lowest BCUT2D eigenvalue weighted by Gasteiger charge is -2.39. The number of fused-ring (bicyclic) bond motifs is 1. The van der Waals surface area contributed by atoms with E-state index in [1.807, 2.05) is 63.8 Å². The van der Waals surface area contributed by atoms with Crippen molar-refractivity contribution in [3.05, 3.63) is 71.5 Å². The lowest BCUT2D eigenvalue weighted by Crippen LogP contribution is -2.43. The largest absolute Gasteiger partial charge is 0.307 e. The summed E-state index contributed by atoms with van der Waals surface area (Å²) in [5.41, 5.74) is 3.63. The molecule has 0 saturated carbocycles. The summed E-state index contributed by atoms with van der Waals surface area (Å²) in [7, 11) is 0. The topological polar surface area (TPSA) is 37.4 Å². The van der Waals surface area contributed by atoms with Crippen LogP contribution in [0.1, 0.15) is 78.9 Å². The fraction of sp³-hybridized carbons (Fsp3) is 0.517. The number of hydrogen-bond acceptors (Lipinski definition) is 2. The summed E-state index contributed by atoms with van der Waals surface area (Å²) in [6.07, 6.45) is 8.83. The molecule has 1 aromatic rings. The maximum Gasteiger partial charge on any atom is 0.232 e. The van der Waals surface area contributed by atoms with Crippen LogP contribution in [0.4, 0.5) is 0 Å². The van der Waals surface area contributed by atoms with E-state index in [-0.39, 0.29) is 23.0 Å². The number of amides is 1. The Kier molecular flexibility index (Phi) is 8.45. The summed E-state index contributed by atoms with van der Waals surface area (Å²) in [5.74, 6) is 0.354. The first kappa shape index (κ1) is 25.8. The highest BCUT2D eigenvalue weighted by atomic mass is 16.2. The third-order valence-corrected chi connectivity index (χ3v) is 6.34. The Balaban J connectivity index is 2.46. The van der Waals surface area contributed by atoms with Gasteiger partial charge in [0.1, 0.15) is 5.78 Å². The number of rotatable bonds is 8. The number of benzene rings is 1.